The van der Waals surface area contributed by atoms with Crippen LogP contribution in [0.3, 0.4) is 0 Å². The molecule has 0 saturated carbocycles. The van der Waals surface area contributed by atoms with Crippen LogP contribution in [0.1, 0.15) is 10.4 Å². The van der Waals surface area contributed by atoms with E-state index in [1.807, 2.05) is 0 Å². The van der Waals surface area contributed by atoms with Crippen molar-refractivity contribution in [2.45, 2.75) is 18.8 Å². The van der Waals surface area contributed by atoms with Crippen LogP contribution in [-0.4, -0.2) is 70.6 Å². The number of carbonyl (C=O) groups is 3. The Balaban J connectivity index is 1.38. The Morgan fingerprint density at radius 3 is 2.69 bits per heavy atom. The molecule has 2 aromatic rings. The van der Waals surface area contributed by atoms with Gasteiger partial charge in [-0.2, -0.15) is 0 Å². The molecule has 0 unspecified atom stereocenters. The van der Waals surface area contributed by atoms with Gasteiger partial charge in [0.1, 0.15) is 24.7 Å². The van der Waals surface area contributed by atoms with Gasteiger partial charge in [0.05, 0.1) is 0 Å². The van der Waals surface area contributed by atoms with Gasteiger partial charge < -0.3 is 20.4 Å². The molecule has 1 aromatic carbocycles. The summed E-state index contributed by atoms with van der Waals surface area (Å²) in [6.07, 6.45) is 1.19. The number of halogens is 1. The van der Waals surface area contributed by atoms with Crippen molar-refractivity contribution in [1.29, 1.82) is 0 Å². The number of hydrogen-bond donors (Lipinski definition) is 2. The molecule has 2 fully saturated rings. The summed E-state index contributed by atoms with van der Waals surface area (Å²) in [5.74, 6) is -0.695. The summed E-state index contributed by atoms with van der Waals surface area (Å²) >= 11 is 1.31. The number of anilines is 1. The van der Waals surface area contributed by atoms with Gasteiger partial charge in [-0.3, -0.25) is 9.69 Å². The first-order valence-corrected chi connectivity index (χ1v) is 9.71. The Labute approximate surface area is 170 Å². The first-order chi connectivity index (χ1) is 13.8. The highest BCUT2D eigenvalue weighted by Crippen LogP contribution is 2.27. The van der Waals surface area contributed by atoms with Gasteiger partial charge in [0.15, 0.2) is 5.13 Å². The zero-order valence-corrected chi connectivity index (χ0v) is 16.6. The van der Waals surface area contributed by atoms with Crippen LogP contribution in [0, 0.1) is 5.82 Å². The number of amides is 5. The number of aromatic nitrogens is 1. The second-order valence-electron chi connectivity index (χ2n) is 6.92. The van der Waals surface area contributed by atoms with Crippen molar-refractivity contribution in [2.24, 2.45) is 0 Å². The Hall–Kier alpha value is -3.21. The molecule has 0 spiro atoms. The van der Waals surface area contributed by atoms with E-state index in [1.54, 1.807) is 32.4 Å². The molecule has 9 nitrogen and oxygen atoms in total. The van der Waals surface area contributed by atoms with E-state index >= 15 is 0 Å². The van der Waals surface area contributed by atoms with E-state index in [4.69, 9.17) is 0 Å². The summed E-state index contributed by atoms with van der Waals surface area (Å²) in [6.45, 7) is -0.203. The molecule has 3 heterocycles. The van der Waals surface area contributed by atoms with Crippen LogP contribution in [0.4, 0.5) is 19.1 Å². The number of thiazole rings is 1. The van der Waals surface area contributed by atoms with Crippen molar-refractivity contribution in [2.75, 3.05) is 26.0 Å². The number of rotatable bonds is 5. The van der Waals surface area contributed by atoms with Crippen LogP contribution in [-0.2, 0) is 11.2 Å². The van der Waals surface area contributed by atoms with Crippen LogP contribution >= 0.6 is 11.3 Å². The molecular formula is C18H19FN6O3S. The molecule has 0 bridgehead atoms. The van der Waals surface area contributed by atoms with E-state index in [0.29, 0.717) is 11.6 Å². The number of nitrogens with zero attached hydrogens (tertiary/aromatic N) is 4. The van der Waals surface area contributed by atoms with Crippen LogP contribution in [0.15, 0.2) is 30.5 Å². The minimum Gasteiger partial charge on any atom is -0.314 e. The highest BCUT2D eigenvalue weighted by molar-refractivity contribution is 7.15. The van der Waals surface area contributed by atoms with E-state index in [-0.39, 0.29) is 18.4 Å². The van der Waals surface area contributed by atoms with E-state index in [9.17, 15) is 18.8 Å². The quantitative estimate of drug-likeness (QED) is 0.769. The normalized spacial score (nSPS) is 20.9. The van der Waals surface area contributed by atoms with Crippen LogP contribution in [0.5, 0.6) is 0 Å². The third kappa shape index (κ3) is 3.60. The van der Waals surface area contributed by atoms with Gasteiger partial charge in [-0.25, -0.2) is 19.0 Å². The monoisotopic (exact) mass is 418 g/mol. The van der Waals surface area contributed by atoms with Crippen LogP contribution in [0.2, 0.25) is 0 Å². The number of benzene rings is 1. The minimum atomic E-state index is -0.545. The highest BCUT2D eigenvalue weighted by Gasteiger charge is 2.52. The fourth-order valence-corrected chi connectivity index (χ4v) is 4.37. The van der Waals surface area contributed by atoms with Gasteiger partial charge >= 0.3 is 12.1 Å². The fourth-order valence-electron chi connectivity index (χ4n) is 3.50. The number of urea groups is 2. The molecule has 0 aliphatic carbocycles. The fraction of sp³-hybridized carbons (Fsp3) is 0.333. The molecule has 2 N–H and O–H groups in total. The van der Waals surface area contributed by atoms with Crippen molar-refractivity contribution in [3.05, 3.63) is 46.7 Å². The topological polar surface area (TPSA) is 97.9 Å². The van der Waals surface area contributed by atoms with Crippen LogP contribution < -0.4 is 10.6 Å². The predicted molar refractivity (Wildman–Crippen MR) is 104 cm³/mol. The summed E-state index contributed by atoms with van der Waals surface area (Å²) in [5, 5.41) is 5.82. The number of hydrogen-bond acceptors (Lipinski definition) is 5. The first-order valence-electron chi connectivity index (χ1n) is 8.89. The third-order valence-corrected chi connectivity index (χ3v) is 5.87. The Morgan fingerprint density at radius 1 is 1.24 bits per heavy atom. The van der Waals surface area contributed by atoms with Crippen molar-refractivity contribution in [3.63, 3.8) is 0 Å². The average Bonchev–Trinajstić information content (AvgIpc) is 3.31. The molecular weight excluding hydrogens is 399 g/mol. The van der Waals surface area contributed by atoms with Gasteiger partial charge in [-0.15, -0.1) is 11.3 Å². The van der Waals surface area contributed by atoms with Crippen molar-refractivity contribution < 1.29 is 18.8 Å². The molecule has 2 aliphatic heterocycles. The van der Waals surface area contributed by atoms with E-state index < -0.39 is 24.3 Å². The third-order valence-electron chi connectivity index (χ3n) is 4.96. The van der Waals surface area contributed by atoms with Crippen molar-refractivity contribution in [3.8, 4) is 0 Å². The lowest BCUT2D eigenvalue weighted by Crippen LogP contribution is -2.47. The maximum absolute atomic E-state index is 13.0. The molecule has 152 valence electrons. The summed E-state index contributed by atoms with van der Waals surface area (Å²) in [5.41, 5.74) is 0.936. The maximum atomic E-state index is 13.0. The van der Waals surface area contributed by atoms with Crippen molar-refractivity contribution in [1.82, 2.24) is 25.0 Å². The molecule has 2 saturated heterocycles. The summed E-state index contributed by atoms with van der Waals surface area (Å²) < 4.78 is 13.0. The molecule has 2 atom stereocenters. The van der Waals surface area contributed by atoms with Gasteiger partial charge in [0.25, 0.3) is 0 Å². The van der Waals surface area contributed by atoms with Gasteiger partial charge in [-0.1, -0.05) is 12.1 Å². The van der Waals surface area contributed by atoms with Crippen molar-refractivity contribution >= 4 is 34.4 Å². The summed E-state index contributed by atoms with van der Waals surface area (Å²) in [4.78, 5) is 46.0. The second kappa shape index (κ2) is 7.32. The molecule has 5 amide bonds. The van der Waals surface area contributed by atoms with E-state index in [0.717, 1.165) is 10.4 Å². The lowest BCUT2D eigenvalue weighted by atomic mass is 10.1. The van der Waals surface area contributed by atoms with E-state index in [2.05, 4.69) is 15.6 Å². The molecule has 11 heteroatoms. The lowest BCUT2D eigenvalue weighted by Gasteiger charge is -2.25. The zero-order chi connectivity index (χ0) is 20.7. The first kappa shape index (κ1) is 19.1. The second-order valence-corrected chi connectivity index (χ2v) is 8.04. The zero-order valence-electron chi connectivity index (χ0n) is 15.8. The number of carbonyl (C=O) groups excluding carboxylic acids is 3. The smallest absolute Gasteiger partial charge is 0.314 e. The average molecular weight is 418 g/mol. The summed E-state index contributed by atoms with van der Waals surface area (Å²) in [7, 11) is 3.20. The highest BCUT2D eigenvalue weighted by atomic mass is 32.1. The Bertz CT molecular complexity index is 965. The molecule has 2 aliphatic rings. The number of likely N-dealkylation sites (N-methyl/N-ethyl adjacent to an activating group) is 2. The Kier molecular flexibility index (Phi) is 4.82. The number of nitrogens with one attached hydrogen (secondary N) is 2. The number of fused-ring (bicyclic) bond motifs is 1. The van der Waals surface area contributed by atoms with Crippen LogP contribution in [0.25, 0.3) is 0 Å². The minimum absolute atomic E-state index is 0.203. The molecule has 4 rings (SSSR count). The lowest BCUT2D eigenvalue weighted by molar-refractivity contribution is -0.117. The maximum Gasteiger partial charge on any atom is 0.323 e. The van der Waals surface area contributed by atoms with E-state index in [1.165, 1.54) is 38.2 Å². The SMILES string of the molecule is CN1C(=O)N(C)[C@H]2[C@H]1NC(=O)N2CC(=O)Nc1ncc(Cc2ccc(F)cc2)s1. The summed E-state index contributed by atoms with van der Waals surface area (Å²) in [6, 6.07) is 5.57. The molecule has 1 aromatic heterocycles. The molecule has 29 heavy (non-hydrogen) atoms. The van der Waals surface area contributed by atoms with Gasteiger partial charge in [0, 0.05) is 31.6 Å². The Morgan fingerprint density at radius 2 is 1.97 bits per heavy atom. The molecule has 0 radical (unpaired) electrons. The predicted octanol–water partition coefficient (Wildman–Crippen LogP) is 1.49. The van der Waals surface area contributed by atoms with Gasteiger partial charge in [-0.05, 0) is 17.7 Å². The largest absolute Gasteiger partial charge is 0.323 e. The van der Waals surface area contributed by atoms with Gasteiger partial charge in [0.2, 0.25) is 5.91 Å². The standard InChI is InChI=1S/C18H19FN6O3S/c1-23-14-15(24(2)18(23)28)25(17(27)22-14)9-13(26)21-16-20-8-12(29-16)7-10-3-5-11(19)6-4-10/h3-6,8,14-15H,7,9H2,1-2H3,(H,22,27)(H,20,21,26)/t14-,15+/m0/s1.